The van der Waals surface area contributed by atoms with E-state index in [0.717, 1.165) is 0 Å². The number of ether oxygens (including phenoxy) is 1. The van der Waals surface area contributed by atoms with Crippen molar-refractivity contribution in [1.29, 1.82) is 0 Å². The summed E-state index contributed by atoms with van der Waals surface area (Å²) in [6.07, 6.45) is 1.72. The summed E-state index contributed by atoms with van der Waals surface area (Å²) < 4.78 is 26.7. The van der Waals surface area contributed by atoms with Gasteiger partial charge in [-0.05, 0) is 6.07 Å². The highest BCUT2D eigenvalue weighted by atomic mass is 19.1. The summed E-state index contributed by atoms with van der Waals surface area (Å²) in [5, 5.41) is 13.3. The van der Waals surface area contributed by atoms with Gasteiger partial charge in [-0.15, -0.1) is 0 Å². The van der Waals surface area contributed by atoms with Crippen LogP contribution >= 0.6 is 0 Å². The van der Waals surface area contributed by atoms with Gasteiger partial charge in [-0.2, -0.15) is 5.10 Å². The number of alkyl halides is 1. The second kappa shape index (κ2) is 5.28. The van der Waals surface area contributed by atoms with Crippen molar-refractivity contribution in [3.63, 3.8) is 0 Å². The molecule has 1 aliphatic heterocycles. The maximum atomic E-state index is 14.3. The Labute approximate surface area is 129 Å². The topological polar surface area (TPSA) is 112 Å². The fraction of sp³-hybridized carbons (Fsp3) is 0.357. The molecule has 3 atom stereocenters. The van der Waals surface area contributed by atoms with E-state index in [1.807, 2.05) is 0 Å². The standard InChI is InChI=1S/C14H14FN5O3/c15-9-3-7(5-21)23-12(9)10-4-8(14-17-1-2-22-14)11-13(16)18-6-19-20(10)11/h1-2,4,6-7,9,12,21H,3,5H2,(H2,16,18,19)/t7-,9-,12+/m0/s1. The van der Waals surface area contributed by atoms with Gasteiger partial charge < -0.3 is 20.0 Å². The lowest BCUT2D eigenvalue weighted by atomic mass is 10.1. The number of oxazole rings is 1. The van der Waals surface area contributed by atoms with Gasteiger partial charge in [0.05, 0.1) is 30.2 Å². The molecular formula is C14H14FN5O3. The molecule has 3 aromatic heterocycles. The lowest BCUT2D eigenvalue weighted by molar-refractivity contribution is -0.00198. The predicted molar refractivity (Wildman–Crippen MR) is 77.1 cm³/mol. The van der Waals surface area contributed by atoms with Gasteiger partial charge in [0.15, 0.2) is 5.82 Å². The zero-order valence-corrected chi connectivity index (χ0v) is 12.0. The van der Waals surface area contributed by atoms with Crippen LogP contribution in [-0.4, -0.2) is 43.6 Å². The van der Waals surface area contributed by atoms with E-state index >= 15 is 0 Å². The Morgan fingerprint density at radius 2 is 2.30 bits per heavy atom. The molecule has 3 N–H and O–H groups in total. The van der Waals surface area contributed by atoms with Crippen LogP contribution < -0.4 is 5.73 Å². The summed E-state index contributed by atoms with van der Waals surface area (Å²) in [6.45, 7) is -0.232. The third kappa shape index (κ3) is 2.16. The number of nitrogen functional groups attached to an aromatic ring is 1. The number of aromatic nitrogens is 4. The summed E-state index contributed by atoms with van der Waals surface area (Å²) in [4.78, 5) is 8.07. The van der Waals surface area contributed by atoms with Gasteiger partial charge in [0.25, 0.3) is 0 Å². The highest BCUT2D eigenvalue weighted by Crippen LogP contribution is 2.39. The fourth-order valence-corrected chi connectivity index (χ4v) is 2.91. The molecule has 4 heterocycles. The van der Waals surface area contributed by atoms with E-state index in [-0.39, 0.29) is 18.8 Å². The molecule has 0 amide bonds. The van der Waals surface area contributed by atoms with Gasteiger partial charge in [0.2, 0.25) is 5.89 Å². The average molecular weight is 319 g/mol. The van der Waals surface area contributed by atoms with E-state index in [9.17, 15) is 9.50 Å². The van der Waals surface area contributed by atoms with Crippen molar-refractivity contribution in [2.24, 2.45) is 0 Å². The molecule has 1 fully saturated rings. The highest BCUT2D eigenvalue weighted by molar-refractivity contribution is 5.85. The zero-order valence-electron chi connectivity index (χ0n) is 12.0. The minimum Gasteiger partial charge on any atom is -0.444 e. The Hall–Kier alpha value is -2.52. The van der Waals surface area contributed by atoms with E-state index < -0.39 is 18.4 Å². The molecule has 1 aliphatic rings. The first-order chi connectivity index (χ1) is 11.2. The van der Waals surface area contributed by atoms with Crippen molar-refractivity contribution in [2.45, 2.75) is 24.8 Å². The Bertz CT molecular complexity index is 834. The second-order valence-corrected chi connectivity index (χ2v) is 5.34. The number of nitrogens with two attached hydrogens (primary N) is 1. The average Bonchev–Trinajstić information content (AvgIpc) is 3.25. The summed E-state index contributed by atoms with van der Waals surface area (Å²) in [5.74, 6) is 0.564. The van der Waals surface area contributed by atoms with Crippen molar-refractivity contribution in [3.8, 4) is 11.5 Å². The van der Waals surface area contributed by atoms with Crippen LogP contribution in [0.15, 0.2) is 29.3 Å². The number of nitrogens with zero attached hydrogens (tertiary/aromatic N) is 4. The molecular weight excluding hydrogens is 305 g/mol. The van der Waals surface area contributed by atoms with Crippen LogP contribution in [0.2, 0.25) is 0 Å². The van der Waals surface area contributed by atoms with Crippen LogP contribution in [0.4, 0.5) is 10.2 Å². The number of aliphatic hydroxyl groups excluding tert-OH is 1. The summed E-state index contributed by atoms with van der Waals surface area (Å²) in [5.41, 5.74) is 7.47. The minimum atomic E-state index is -1.25. The molecule has 0 spiro atoms. The van der Waals surface area contributed by atoms with Crippen LogP contribution in [0.5, 0.6) is 0 Å². The van der Waals surface area contributed by atoms with E-state index in [1.54, 1.807) is 6.07 Å². The molecule has 0 unspecified atom stereocenters. The van der Waals surface area contributed by atoms with E-state index in [0.29, 0.717) is 22.7 Å². The molecule has 23 heavy (non-hydrogen) atoms. The Morgan fingerprint density at radius 3 is 3.00 bits per heavy atom. The monoisotopic (exact) mass is 319 g/mol. The van der Waals surface area contributed by atoms with Gasteiger partial charge in [0.1, 0.15) is 30.4 Å². The lowest BCUT2D eigenvalue weighted by Crippen LogP contribution is -2.13. The van der Waals surface area contributed by atoms with Gasteiger partial charge in [-0.25, -0.2) is 18.9 Å². The minimum absolute atomic E-state index is 0.128. The number of fused-ring (bicyclic) bond motifs is 1. The van der Waals surface area contributed by atoms with Crippen molar-refractivity contribution < 1.29 is 18.7 Å². The first kappa shape index (κ1) is 14.1. The van der Waals surface area contributed by atoms with Gasteiger partial charge in [0, 0.05) is 6.42 Å². The summed E-state index contributed by atoms with van der Waals surface area (Å²) >= 11 is 0. The Morgan fingerprint density at radius 1 is 1.43 bits per heavy atom. The van der Waals surface area contributed by atoms with Crippen LogP contribution in [0.25, 0.3) is 17.0 Å². The van der Waals surface area contributed by atoms with Gasteiger partial charge >= 0.3 is 0 Å². The number of hydrogen-bond acceptors (Lipinski definition) is 7. The van der Waals surface area contributed by atoms with E-state index in [2.05, 4.69) is 15.1 Å². The Balaban J connectivity index is 1.90. The van der Waals surface area contributed by atoms with Crippen molar-refractivity contribution >= 4 is 11.3 Å². The fourth-order valence-electron chi connectivity index (χ4n) is 2.91. The highest BCUT2D eigenvalue weighted by Gasteiger charge is 2.39. The molecule has 0 aromatic carbocycles. The van der Waals surface area contributed by atoms with Crippen molar-refractivity contribution in [2.75, 3.05) is 12.3 Å². The van der Waals surface area contributed by atoms with Crippen molar-refractivity contribution in [1.82, 2.24) is 19.6 Å². The maximum absolute atomic E-state index is 14.3. The van der Waals surface area contributed by atoms with Crippen molar-refractivity contribution in [3.05, 3.63) is 30.5 Å². The van der Waals surface area contributed by atoms with E-state index in [4.69, 9.17) is 14.9 Å². The van der Waals surface area contributed by atoms with Crippen LogP contribution in [0, 0.1) is 0 Å². The second-order valence-electron chi connectivity index (χ2n) is 5.34. The predicted octanol–water partition coefficient (Wildman–Crippen LogP) is 1.13. The number of hydrogen-bond donors (Lipinski definition) is 2. The smallest absolute Gasteiger partial charge is 0.228 e. The van der Waals surface area contributed by atoms with Gasteiger partial charge in [-0.1, -0.05) is 0 Å². The molecule has 4 rings (SSSR count). The lowest BCUT2D eigenvalue weighted by Gasteiger charge is -2.13. The molecule has 0 aliphatic carbocycles. The number of halogens is 1. The molecule has 120 valence electrons. The largest absolute Gasteiger partial charge is 0.444 e. The normalized spacial score (nSPS) is 24.5. The quantitative estimate of drug-likeness (QED) is 0.744. The molecule has 0 bridgehead atoms. The van der Waals surface area contributed by atoms with Crippen LogP contribution in [0.1, 0.15) is 18.2 Å². The van der Waals surface area contributed by atoms with Crippen LogP contribution in [0.3, 0.4) is 0 Å². The maximum Gasteiger partial charge on any atom is 0.228 e. The molecule has 0 radical (unpaired) electrons. The third-order valence-electron chi connectivity index (χ3n) is 3.92. The first-order valence-corrected chi connectivity index (χ1v) is 7.11. The van der Waals surface area contributed by atoms with E-state index in [1.165, 1.54) is 23.3 Å². The Kier molecular flexibility index (Phi) is 3.24. The molecule has 3 aromatic rings. The summed E-state index contributed by atoms with van der Waals surface area (Å²) in [7, 11) is 0. The number of anilines is 1. The molecule has 8 nitrogen and oxygen atoms in total. The third-order valence-corrected chi connectivity index (χ3v) is 3.92. The molecule has 0 saturated carbocycles. The summed E-state index contributed by atoms with van der Waals surface area (Å²) in [6, 6.07) is 1.68. The number of rotatable bonds is 3. The first-order valence-electron chi connectivity index (χ1n) is 7.11. The molecule has 1 saturated heterocycles. The van der Waals surface area contributed by atoms with Crippen LogP contribution in [-0.2, 0) is 4.74 Å². The molecule has 9 heteroatoms. The zero-order chi connectivity index (χ0) is 16.0. The number of aliphatic hydroxyl groups is 1. The SMILES string of the molecule is Nc1ncnn2c([C@@H]3O[C@H](CO)C[C@@H]3F)cc(-c3ncco3)c12. The van der Waals surface area contributed by atoms with Gasteiger partial charge in [-0.3, -0.25) is 0 Å².